The van der Waals surface area contributed by atoms with Crippen LogP contribution in [0.3, 0.4) is 0 Å². The quantitative estimate of drug-likeness (QED) is 0.458. The maximum Gasteiger partial charge on any atom is 0.269 e. The summed E-state index contributed by atoms with van der Waals surface area (Å²) in [5.41, 5.74) is 0.324. The van der Waals surface area contributed by atoms with Crippen LogP contribution in [0.1, 0.15) is 10.5 Å². The largest absolute Gasteiger partial charge is 0.394 e. The average molecular weight is 185 g/mol. The first-order valence-electron chi connectivity index (χ1n) is 3.80. The van der Waals surface area contributed by atoms with Crippen LogP contribution in [0, 0.1) is 0 Å². The summed E-state index contributed by atoms with van der Waals surface area (Å²) in [6.45, 7) is -0.350. The molecule has 13 heavy (non-hydrogen) atoms. The number of hydrogen-bond donors (Lipinski definition) is 4. The van der Waals surface area contributed by atoms with Gasteiger partial charge in [0.25, 0.3) is 5.91 Å². The van der Waals surface area contributed by atoms with Gasteiger partial charge in [-0.15, -0.1) is 0 Å². The summed E-state index contributed by atoms with van der Waals surface area (Å²) in [4.78, 5) is 11.2. The predicted molar refractivity (Wildman–Crippen MR) is 44.0 cm³/mol. The first kappa shape index (κ1) is 9.69. The topological polar surface area (TPSA) is 98.2 Å². The number of H-pyrrole nitrogens is 1. The number of nitrogens with one attached hydrogen (secondary N) is 2. The number of carbonyl (C=O) groups is 1. The van der Waals surface area contributed by atoms with Crippen molar-refractivity contribution in [3.63, 3.8) is 0 Å². The first-order valence-corrected chi connectivity index (χ1v) is 3.80. The van der Waals surface area contributed by atoms with Crippen molar-refractivity contribution in [1.82, 2.24) is 15.5 Å². The molecule has 4 N–H and O–H groups in total. The van der Waals surface area contributed by atoms with Crippen LogP contribution in [-0.2, 0) is 0 Å². The Balaban J connectivity index is 2.35. The summed E-state index contributed by atoms with van der Waals surface area (Å²) >= 11 is 0. The third-order valence-corrected chi connectivity index (χ3v) is 1.45. The third-order valence-electron chi connectivity index (χ3n) is 1.45. The van der Waals surface area contributed by atoms with Gasteiger partial charge in [0.15, 0.2) is 0 Å². The molecule has 1 amide bonds. The fourth-order valence-electron chi connectivity index (χ4n) is 0.753. The van der Waals surface area contributed by atoms with Crippen LogP contribution in [-0.4, -0.2) is 45.6 Å². The minimum absolute atomic E-state index is 0.0222. The van der Waals surface area contributed by atoms with E-state index in [1.165, 1.54) is 12.3 Å². The van der Waals surface area contributed by atoms with Crippen LogP contribution in [0.4, 0.5) is 0 Å². The van der Waals surface area contributed by atoms with E-state index in [1.807, 2.05) is 0 Å². The van der Waals surface area contributed by atoms with Gasteiger partial charge in [-0.05, 0) is 6.07 Å². The van der Waals surface area contributed by atoms with Crippen molar-refractivity contribution in [2.24, 2.45) is 0 Å². The van der Waals surface area contributed by atoms with E-state index < -0.39 is 6.10 Å². The van der Waals surface area contributed by atoms with Crippen molar-refractivity contribution in [3.8, 4) is 0 Å². The van der Waals surface area contributed by atoms with Gasteiger partial charge in [0, 0.05) is 12.7 Å². The lowest BCUT2D eigenvalue weighted by atomic mass is 10.3. The Morgan fingerprint density at radius 3 is 3.08 bits per heavy atom. The van der Waals surface area contributed by atoms with Gasteiger partial charge in [-0.1, -0.05) is 0 Å². The molecule has 0 aliphatic heterocycles. The van der Waals surface area contributed by atoms with E-state index in [2.05, 4.69) is 15.5 Å². The van der Waals surface area contributed by atoms with E-state index >= 15 is 0 Å². The maximum absolute atomic E-state index is 11.2. The zero-order chi connectivity index (χ0) is 9.68. The van der Waals surface area contributed by atoms with Gasteiger partial charge < -0.3 is 15.5 Å². The van der Waals surface area contributed by atoms with E-state index in [9.17, 15) is 4.79 Å². The second-order valence-corrected chi connectivity index (χ2v) is 2.52. The van der Waals surface area contributed by atoms with Crippen molar-refractivity contribution in [2.75, 3.05) is 13.2 Å². The van der Waals surface area contributed by atoms with Crippen molar-refractivity contribution in [1.29, 1.82) is 0 Å². The molecule has 6 nitrogen and oxygen atoms in total. The van der Waals surface area contributed by atoms with E-state index in [-0.39, 0.29) is 19.1 Å². The number of aromatic nitrogens is 2. The highest BCUT2D eigenvalue weighted by Gasteiger charge is 2.08. The molecule has 1 atom stereocenters. The predicted octanol–water partition coefficient (Wildman–Crippen LogP) is -1.51. The molecule has 0 radical (unpaired) electrons. The summed E-state index contributed by atoms with van der Waals surface area (Å²) in [6.07, 6.45) is 0.532. The maximum atomic E-state index is 11.2. The summed E-state index contributed by atoms with van der Waals surface area (Å²) in [6, 6.07) is 1.51. The van der Waals surface area contributed by atoms with Gasteiger partial charge in [-0.25, -0.2) is 0 Å². The van der Waals surface area contributed by atoms with Crippen molar-refractivity contribution in [3.05, 3.63) is 18.0 Å². The van der Waals surface area contributed by atoms with E-state index in [0.717, 1.165) is 0 Å². The van der Waals surface area contributed by atoms with Crippen LogP contribution in [0.5, 0.6) is 0 Å². The second kappa shape index (κ2) is 4.58. The molecule has 0 aromatic carbocycles. The normalized spacial score (nSPS) is 12.5. The number of aliphatic hydroxyl groups excluding tert-OH is 2. The molecule has 0 fully saturated rings. The molecular formula is C7H11N3O3. The molecule has 1 aromatic rings. The van der Waals surface area contributed by atoms with Crippen molar-refractivity contribution < 1.29 is 15.0 Å². The molecule has 72 valence electrons. The molecule has 0 saturated carbocycles. The van der Waals surface area contributed by atoms with Crippen molar-refractivity contribution >= 4 is 5.91 Å². The molecular weight excluding hydrogens is 174 g/mol. The van der Waals surface area contributed by atoms with Gasteiger partial charge >= 0.3 is 0 Å². The Labute approximate surface area is 74.6 Å². The lowest BCUT2D eigenvalue weighted by Crippen LogP contribution is -2.34. The molecule has 0 bridgehead atoms. The molecule has 0 saturated heterocycles. The molecule has 1 aromatic heterocycles. The summed E-state index contributed by atoms with van der Waals surface area (Å²) < 4.78 is 0. The number of rotatable bonds is 4. The van der Waals surface area contributed by atoms with E-state index in [1.54, 1.807) is 0 Å². The number of aromatic amines is 1. The molecule has 1 heterocycles. The lowest BCUT2D eigenvalue weighted by molar-refractivity contribution is 0.0799. The molecule has 0 spiro atoms. The van der Waals surface area contributed by atoms with Crippen LogP contribution in [0.2, 0.25) is 0 Å². The van der Waals surface area contributed by atoms with Gasteiger partial charge in [0.05, 0.1) is 12.7 Å². The Morgan fingerprint density at radius 2 is 2.54 bits per heavy atom. The standard InChI is InChI=1S/C7H11N3O3/c11-4-5(12)3-8-7(13)6-1-2-9-10-6/h1-2,5,11-12H,3-4H2,(H,8,13)(H,9,10). The smallest absolute Gasteiger partial charge is 0.269 e. The van der Waals surface area contributed by atoms with Gasteiger partial charge in [0.1, 0.15) is 5.69 Å². The molecule has 0 aliphatic rings. The Kier molecular flexibility index (Phi) is 3.41. The summed E-state index contributed by atoms with van der Waals surface area (Å²) in [5.74, 6) is -0.356. The molecule has 1 unspecified atom stereocenters. The molecule has 6 heteroatoms. The number of amides is 1. The zero-order valence-corrected chi connectivity index (χ0v) is 6.90. The van der Waals surface area contributed by atoms with Crippen LogP contribution in [0.15, 0.2) is 12.3 Å². The fourth-order valence-corrected chi connectivity index (χ4v) is 0.753. The number of aliphatic hydroxyl groups is 2. The Hall–Kier alpha value is -1.40. The lowest BCUT2D eigenvalue weighted by Gasteiger charge is -2.07. The van der Waals surface area contributed by atoms with Crippen LogP contribution in [0.25, 0.3) is 0 Å². The second-order valence-electron chi connectivity index (χ2n) is 2.52. The fraction of sp³-hybridized carbons (Fsp3) is 0.429. The Bertz CT molecular complexity index is 260. The summed E-state index contributed by atoms with van der Waals surface area (Å²) in [7, 11) is 0. The minimum atomic E-state index is -0.924. The monoisotopic (exact) mass is 185 g/mol. The molecule has 1 rings (SSSR count). The third kappa shape index (κ3) is 2.85. The zero-order valence-electron chi connectivity index (χ0n) is 6.90. The summed E-state index contributed by atoms with van der Waals surface area (Å²) in [5, 5.41) is 25.9. The number of nitrogens with zero attached hydrogens (tertiary/aromatic N) is 1. The highest BCUT2D eigenvalue weighted by molar-refractivity contribution is 5.92. The van der Waals surface area contributed by atoms with E-state index in [0.29, 0.717) is 5.69 Å². The van der Waals surface area contributed by atoms with Gasteiger partial charge in [-0.2, -0.15) is 5.10 Å². The highest BCUT2D eigenvalue weighted by atomic mass is 16.3. The van der Waals surface area contributed by atoms with Crippen molar-refractivity contribution in [2.45, 2.75) is 6.10 Å². The minimum Gasteiger partial charge on any atom is -0.394 e. The first-order chi connectivity index (χ1) is 6.24. The van der Waals surface area contributed by atoms with Gasteiger partial charge in [0.2, 0.25) is 0 Å². The highest BCUT2D eigenvalue weighted by Crippen LogP contribution is 1.90. The van der Waals surface area contributed by atoms with E-state index in [4.69, 9.17) is 10.2 Å². The average Bonchev–Trinajstić information content (AvgIpc) is 2.66. The molecule has 0 aliphatic carbocycles. The van der Waals surface area contributed by atoms with Crippen LogP contribution < -0.4 is 5.32 Å². The Morgan fingerprint density at radius 1 is 1.77 bits per heavy atom. The number of carbonyl (C=O) groups excluding carboxylic acids is 1. The number of hydrogen-bond acceptors (Lipinski definition) is 4. The van der Waals surface area contributed by atoms with Crippen LogP contribution >= 0.6 is 0 Å². The SMILES string of the molecule is O=C(NCC(O)CO)c1ccn[nH]1. The van der Waals surface area contributed by atoms with Gasteiger partial charge in [-0.3, -0.25) is 9.89 Å².